The van der Waals surface area contributed by atoms with Crippen molar-refractivity contribution < 1.29 is 9.84 Å². The molecule has 1 aliphatic rings. The van der Waals surface area contributed by atoms with Crippen LogP contribution in [0.1, 0.15) is 32.1 Å². The van der Waals surface area contributed by atoms with Crippen LogP contribution in [0.25, 0.3) is 0 Å². The first-order chi connectivity index (χ1) is 5.86. The highest BCUT2D eigenvalue weighted by molar-refractivity contribution is 4.72. The summed E-state index contributed by atoms with van der Waals surface area (Å²) in [6.07, 6.45) is 6.18. The van der Waals surface area contributed by atoms with Crippen molar-refractivity contribution in [1.29, 1.82) is 0 Å². The summed E-state index contributed by atoms with van der Waals surface area (Å²) in [5.74, 6) is 1.50. The summed E-state index contributed by atoms with van der Waals surface area (Å²) in [5, 5.41) is 8.80. The van der Waals surface area contributed by atoms with Crippen LogP contribution in [0.5, 0.6) is 0 Å². The highest BCUT2D eigenvalue weighted by Gasteiger charge is 2.20. The van der Waals surface area contributed by atoms with Gasteiger partial charge >= 0.3 is 0 Å². The third-order valence-corrected chi connectivity index (χ3v) is 2.83. The van der Waals surface area contributed by atoms with E-state index >= 15 is 0 Å². The van der Waals surface area contributed by atoms with E-state index < -0.39 is 0 Å². The molecule has 2 atom stereocenters. The van der Waals surface area contributed by atoms with Crippen molar-refractivity contribution in [3.05, 3.63) is 0 Å². The number of rotatable bonds is 4. The summed E-state index contributed by atoms with van der Waals surface area (Å²) < 4.78 is 5.15. The molecule has 2 unspecified atom stereocenters. The van der Waals surface area contributed by atoms with E-state index in [-0.39, 0.29) is 0 Å². The monoisotopic (exact) mass is 172 g/mol. The lowest BCUT2D eigenvalue weighted by Gasteiger charge is -2.28. The second-order valence-corrected chi connectivity index (χ2v) is 3.87. The number of ether oxygens (including phenoxy) is 1. The molecule has 1 fully saturated rings. The van der Waals surface area contributed by atoms with Gasteiger partial charge < -0.3 is 9.84 Å². The second kappa shape index (κ2) is 5.55. The maximum Gasteiger partial charge on any atom is 0.0490 e. The molecule has 1 aliphatic carbocycles. The zero-order valence-corrected chi connectivity index (χ0v) is 7.96. The first-order valence-corrected chi connectivity index (χ1v) is 4.96. The number of methoxy groups -OCH3 is 1. The molecular formula is C10H20O2. The Labute approximate surface area is 74.9 Å². The number of hydrogen-bond donors (Lipinski definition) is 1. The van der Waals surface area contributed by atoms with Crippen LogP contribution in [-0.4, -0.2) is 25.4 Å². The normalized spacial score (nSPS) is 30.5. The number of aliphatic hydroxyl groups is 1. The van der Waals surface area contributed by atoms with Crippen molar-refractivity contribution >= 4 is 0 Å². The molecule has 1 rings (SSSR count). The summed E-state index contributed by atoms with van der Waals surface area (Å²) in [7, 11) is 1.77. The first-order valence-electron chi connectivity index (χ1n) is 4.96. The molecule has 0 heterocycles. The Morgan fingerprint density at radius 2 is 2.08 bits per heavy atom. The molecule has 0 aliphatic heterocycles. The van der Waals surface area contributed by atoms with E-state index in [1.807, 2.05) is 0 Å². The van der Waals surface area contributed by atoms with Gasteiger partial charge in [-0.3, -0.25) is 0 Å². The number of aliphatic hydroxyl groups excluding tert-OH is 1. The molecule has 0 aromatic carbocycles. The van der Waals surface area contributed by atoms with Crippen LogP contribution in [0.2, 0.25) is 0 Å². The Bertz CT molecular complexity index is 98.4. The van der Waals surface area contributed by atoms with Gasteiger partial charge in [0, 0.05) is 20.3 Å². The second-order valence-electron chi connectivity index (χ2n) is 3.87. The van der Waals surface area contributed by atoms with Crippen LogP contribution in [-0.2, 0) is 4.74 Å². The largest absolute Gasteiger partial charge is 0.396 e. The molecule has 0 radical (unpaired) electrons. The minimum Gasteiger partial charge on any atom is -0.396 e. The van der Waals surface area contributed by atoms with Gasteiger partial charge in [0.1, 0.15) is 0 Å². The highest BCUT2D eigenvalue weighted by Crippen LogP contribution is 2.30. The van der Waals surface area contributed by atoms with Gasteiger partial charge in [0.2, 0.25) is 0 Å². The zero-order chi connectivity index (χ0) is 8.81. The molecular weight excluding hydrogens is 152 g/mol. The predicted molar refractivity (Wildman–Crippen MR) is 49.0 cm³/mol. The van der Waals surface area contributed by atoms with Gasteiger partial charge in [-0.05, 0) is 31.1 Å². The van der Waals surface area contributed by atoms with Crippen molar-refractivity contribution in [3.8, 4) is 0 Å². The fourth-order valence-corrected chi connectivity index (χ4v) is 2.23. The smallest absolute Gasteiger partial charge is 0.0490 e. The summed E-state index contributed by atoms with van der Waals surface area (Å²) >= 11 is 0. The van der Waals surface area contributed by atoms with E-state index in [0.717, 1.165) is 24.9 Å². The first kappa shape index (κ1) is 10.0. The fraction of sp³-hybridized carbons (Fsp3) is 1.00. The molecule has 0 spiro atoms. The van der Waals surface area contributed by atoms with Gasteiger partial charge in [0.15, 0.2) is 0 Å². The van der Waals surface area contributed by atoms with Gasteiger partial charge in [-0.1, -0.05) is 12.8 Å². The van der Waals surface area contributed by atoms with Crippen molar-refractivity contribution in [2.45, 2.75) is 32.1 Å². The van der Waals surface area contributed by atoms with E-state index in [4.69, 9.17) is 9.84 Å². The summed E-state index contributed by atoms with van der Waals surface area (Å²) in [6, 6.07) is 0. The maximum absolute atomic E-state index is 8.80. The predicted octanol–water partition coefficient (Wildman–Crippen LogP) is 1.82. The Balaban J connectivity index is 2.20. The van der Waals surface area contributed by atoms with Gasteiger partial charge in [0.05, 0.1) is 0 Å². The molecule has 2 nitrogen and oxygen atoms in total. The van der Waals surface area contributed by atoms with Crippen LogP contribution in [0.4, 0.5) is 0 Å². The summed E-state index contributed by atoms with van der Waals surface area (Å²) in [4.78, 5) is 0. The molecule has 2 heteroatoms. The van der Waals surface area contributed by atoms with Gasteiger partial charge in [-0.25, -0.2) is 0 Å². The molecule has 0 saturated heterocycles. The van der Waals surface area contributed by atoms with Crippen LogP contribution in [0.3, 0.4) is 0 Å². The van der Waals surface area contributed by atoms with Crippen LogP contribution >= 0.6 is 0 Å². The minimum absolute atomic E-state index is 0.352. The standard InChI is InChI=1S/C10H20O2/c1-12-8-10-4-2-3-9(7-10)5-6-11/h9-11H,2-8H2,1H3. The zero-order valence-electron chi connectivity index (χ0n) is 7.96. The molecule has 0 bridgehead atoms. The molecule has 12 heavy (non-hydrogen) atoms. The van der Waals surface area contributed by atoms with Crippen molar-refractivity contribution in [3.63, 3.8) is 0 Å². The van der Waals surface area contributed by atoms with Crippen molar-refractivity contribution in [2.24, 2.45) is 11.8 Å². The van der Waals surface area contributed by atoms with E-state index in [1.165, 1.54) is 25.7 Å². The van der Waals surface area contributed by atoms with Gasteiger partial charge in [0.25, 0.3) is 0 Å². The van der Waals surface area contributed by atoms with Crippen LogP contribution in [0, 0.1) is 11.8 Å². The molecule has 1 saturated carbocycles. The fourth-order valence-electron chi connectivity index (χ4n) is 2.23. The third-order valence-electron chi connectivity index (χ3n) is 2.83. The van der Waals surface area contributed by atoms with Crippen LogP contribution in [0.15, 0.2) is 0 Å². The van der Waals surface area contributed by atoms with Crippen molar-refractivity contribution in [2.75, 3.05) is 20.3 Å². The Morgan fingerprint density at radius 3 is 2.75 bits per heavy atom. The lowest BCUT2D eigenvalue weighted by Crippen LogP contribution is -2.19. The number of hydrogen-bond acceptors (Lipinski definition) is 2. The Hall–Kier alpha value is -0.0800. The topological polar surface area (TPSA) is 29.5 Å². The Morgan fingerprint density at radius 1 is 1.33 bits per heavy atom. The quantitative estimate of drug-likeness (QED) is 0.701. The average molecular weight is 172 g/mol. The third kappa shape index (κ3) is 3.11. The van der Waals surface area contributed by atoms with E-state index in [1.54, 1.807) is 7.11 Å². The maximum atomic E-state index is 8.80. The summed E-state index contributed by atoms with van der Waals surface area (Å²) in [6.45, 7) is 1.26. The van der Waals surface area contributed by atoms with E-state index in [0.29, 0.717) is 6.61 Å². The van der Waals surface area contributed by atoms with Crippen LogP contribution < -0.4 is 0 Å². The summed E-state index contributed by atoms with van der Waals surface area (Å²) in [5.41, 5.74) is 0. The SMILES string of the molecule is COCC1CCCC(CCO)C1. The minimum atomic E-state index is 0.352. The molecule has 0 aromatic rings. The highest BCUT2D eigenvalue weighted by atomic mass is 16.5. The average Bonchev–Trinajstić information content (AvgIpc) is 2.06. The van der Waals surface area contributed by atoms with Gasteiger partial charge in [-0.15, -0.1) is 0 Å². The van der Waals surface area contributed by atoms with E-state index in [9.17, 15) is 0 Å². The van der Waals surface area contributed by atoms with E-state index in [2.05, 4.69) is 0 Å². The molecule has 1 N–H and O–H groups in total. The van der Waals surface area contributed by atoms with Gasteiger partial charge in [-0.2, -0.15) is 0 Å². The molecule has 0 amide bonds. The lowest BCUT2D eigenvalue weighted by molar-refractivity contribution is 0.106. The lowest BCUT2D eigenvalue weighted by atomic mass is 9.80. The van der Waals surface area contributed by atoms with Crippen molar-refractivity contribution in [1.82, 2.24) is 0 Å². The molecule has 0 aromatic heterocycles. The molecule has 72 valence electrons. The Kier molecular flexibility index (Phi) is 4.62.